The molecule has 4 heteroatoms. The molecule has 0 saturated carbocycles. The Morgan fingerprint density at radius 3 is 2.06 bits per heavy atom. The van der Waals surface area contributed by atoms with Crippen molar-refractivity contribution in [3.63, 3.8) is 0 Å². The van der Waals surface area contributed by atoms with Crippen molar-refractivity contribution in [3.05, 3.63) is 35.9 Å². The molecule has 0 unspecified atom stereocenters. The zero-order chi connectivity index (χ0) is 12.6. The van der Waals surface area contributed by atoms with Crippen molar-refractivity contribution in [2.75, 3.05) is 7.05 Å². The first-order valence-corrected chi connectivity index (χ1v) is 5.13. The Morgan fingerprint density at radius 2 is 1.62 bits per heavy atom. The number of hydrogen-bond acceptors (Lipinski definition) is 3. The molecule has 0 saturated heterocycles. The first-order chi connectivity index (χ1) is 7.61. The number of rotatable bonds is 1. The number of hydroxylamine groups is 2. The summed E-state index contributed by atoms with van der Waals surface area (Å²) in [5.74, 6) is -0.863. The number of benzene rings is 1. The first-order valence-electron chi connectivity index (χ1n) is 5.13. The standard InChI is InChI=1S/C10H11NO3.C2H6/c1-8(12)14-11(2)10(13)9-6-4-3-5-7-9;1-2/h3-7H,1-2H3;1-2H3. The lowest BCUT2D eigenvalue weighted by Gasteiger charge is -2.14. The molecule has 88 valence electrons. The van der Waals surface area contributed by atoms with Gasteiger partial charge in [-0.1, -0.05) is 32.0 Å². The summed E-state index contributed by atoms with van der Waals surface area (Å²) in [6, 6.07) is 8.61. The van der Waals surface area contributed by atoms with Crippen molar-refractivity contribution < 1.29 is 14.4 Å². The third-order valence-corrected chi connectivity index (χ3v) is 1.57. The predicted octanol–water partition coefficient (Wildman–Crippen LogP) is 2.26. The Balaban J connectivity index is 0.00000106. The summed E-state index contributed by atoms with van der Waals surface area (Å²) < 4.78 is 0. The minimum atomic E-state index is -0.517. The monoisotopic (exact) mass is 223 g/mol. The highest BCUT2D eigenvalue weighted by molar-refractivity contribution is 5.93. The van der Waals surface area contributed by atoms with Gasteiger partial charge in [-0.05, 0) is 12.1 Å². The van der Waals surface area contributed by atoms with Crippen LogP contribution in [0.3, 0.4) is 0 Å². The van der Waals surface area contributed by atoms with Gasteiger partial charge in [0, 0.05) is 19.5 Å². The number of amides is 1. The molecule has 1 rings (SSSR count). The summed E-state index contributed by atoms with van der Waals surface area (Å²) in [5.41, 5.74) is 0.483. The summed E-state index contributed by atoms with van der Waals surface area (Å²) in [4.78, 5) is 26.7. The van der Waals surface area contributed by atoms with E-state index in [9.17, 15) is 9.59 Å². The van der Waals surface area contributed by atoms with Crippen LogP contribution in [0.2, 0.25) is 0 Å². The minimum Gasteiger partial charge on any atom is -0.338 e. The summed E-state index contributed by atoms with van der Waals surface area (Å²) in [7, 11) is 1.40. The Morgan fingerprint density at radius 1 is 1.12 bits per heavy atom. The van der Waals surface area contributed by atoms with Crippen LogP contribution in [0.5, 0.6) is 0 Å². The van der Waals surface area contributed by atoms with Gasteiger partial charge in [0.15, 0.2) is 0 Å². The molecule has 1 amide bonds. The van der Waals surface area contributed by atoms with Crippen LogP contribution in [0.1, 0.15) is 31.1 Å². The lowest BCUT2D eigenvalue weighted by atomic mass is 10.2. The Labute approximate surface area is 95.8 Å². The molecular weight excluding hydrogens is 206 g/mol. The number of carbonyl (C=O) groups is 2. The number of nitrogens with zero attached hydrogens (tertiary/aromatic N) is 1. The molecule has 0 heterocycles. The van der Waals surface area contributed by atoms with Crippen LogP contribution in [-0.4, -0.2) is 24.0 Å². The van der Waals surface area contributed by atoms with E-state index >= 15 is 0 Å². The van der Waals surface area contributed by atoms with Gasteiger partial charge in [0.25, 0.3) is 5.91 Å². The van der Waals surface area contributed by atoms with Gasteiger partial charge in [-0.3, -0.25) is 9.59 Å². The lowest BCUT2D eigenvalue weighted by molar-refractivity contribution is -0.170. The molecule has 0 atom stereocenters. The zero-order valence-electron chi connectivity index (χ0n) is 10.1. The SMILES string of the molecule is CC.CC(=O)ON(C)C(=O)c1ccccc1. The van der Waals surface area contributed by atoms with Crippen molar-refractivity contribution in [2.24, 2.45) is 0 Å². The van der Waals surface area contributed by atoms with Gasteiger partial charge >= 0.3 is 5.97 Å². The average molecular weight is 223 g/mol. The van der Waals surface area contributed by atoms with E-state index in [4.69, 9.17) is 0 Å². The van der Waals surface area contributed by atoms with Gasteiger partial charge in [0.1, 0.15) is 0 Å². The topological polar surface area (TPSA) is 46.6 Å². The van der Waals surface area contributed by atoms with E-state index in [0.29, 0.717) is 5.56 Å². The summed E-state index contributed by atoms with van der Waals surface area (Å²) in [6.07, 6.45) is 0. The minimum absolute atomic E-state index is 0.346. The van der Waals surface area contributed by atoms with Gasteiger partial charge < -0.3 is 4.84 Å². The molecule has 1 aromatic carbocycles. The van der Waals surface area contributed by atoms with Crippen LogP contribution in [0.25, 0.3) is 0 Å². The van der Waals surface area contributed by atoms with Crippen LogP contribution in [-0.2, 0) is 9.63 Å². The number of hydrogen-bond donors (Lipinski definition) is 0. The molecule has 16 heavy (non-hydrogen) atoms. The average Bonchev–Trinajstić information content (AvgIpc) is 2.31. The van der Waals surface area contributed by atoms with E-state index in [1.165, 1.54) is 14.0 Å². The third-order valence-electron chi connectivity index (χ3n) is 1.57. The van der Waals surface area contributed by atoms with Gasteiger partial charge in [-0.2, -0.15) is 5.06 Å². The zero-order valence-corrected chi connectivity index (χ0v) is 10.1. The largest absolute Gasteiger partial charge is 0.338 e. The summed E-state index contributed by atoms with van der Waals surface area (Å²) >= 11 is 0. The molecule has 0 radical (unpaired) electrons. The molecule has 0 bridgehead atoms. The molecule has 0 aliphatic rings. The predicted molar refractivity (Wildman–Crippen MR) is 61.6 cm³/mol. The number of carbonyl (C=O) groups excluding carboxylic acids is 2. The van der Waals surface area contributed by atoms with Crippen molar-refractivity contribution in [1.82, 2.24) is 5.06 Å². The Kier molecular flexibility index (Phi) is 6.59. The second-order valence-electron chi connectivity index (χ2n) is 2.75. The Bertz CT molecular complexity index is 335. The van der Waals surface area contributed by atoms with Gasteiger partial charge in [0.05, 0.1) is 0 Å². The molecular formula is C12H17NO3. The first kappa shape index (κ1) is 14.2. The van der Waals surface area contributed by atoms with Crippen molar-refractivity contribution in [3.8, 4) is 0 Å². The maximum absolute atomic E-state index is 11.5. The Hall–Kier alpha value is -1.84. The molecule has 1 aromatic rings. The van der Waals surface area contributed by atoms with E-state index in [2.05, 4.69) is 4.84 Å². The normalized spacial score (nSPS) is 8.50. The van der Waals surface area contributed by atoms with E-state index in [-0.39, 0.29) is 5.91 Å². The van der Waals surface area contributed by atoms with Crippen molar-refractivity contribution in [1.29, 1.82) is 0 Å². The fraction of sp³-hybridized carbons (Fsp3) is 0.333. The van der Waals surface area contributed by atoms with Crippen molar-refractivity contribution >= 4 is 11.9 Å². The molecule has 0 spiro atoms. The fourth-order valence-corrected chi connectivity index (χ4v) is 0.997. The van der Waals surface area contributed by atoms with Crippen LogP contribution >= 0.6 is 0 Å². The highest BCUT2D eigenvalue weighted by atomic mass is 16.7. The smallest absolute Gasteiger partial charge is 0.329 e. The van der Waals surface area contributed by atoms with Gasteiger partial charge in [-0.15, -0.1) is 0 Å². The van der Waals surface area contributed by atoms with Crippen LogP contribution in [0, 0.1) is 0 Å². The quantitative estimate of drug-likeness (QED) is 0.686. The van der Waals surface area contributed by atoms with Crippen LogP contribution in [0.4, 0.5) is 0 Å². The molecule has 0 fully saturated rings. The highest BCUT2D eigenvalue weighted by Crippen LogP contribution is 2.03. The third kappa shape index (κ3) is 4.59. The fourth-order valence-electron chi connectivity index (χ4n) is 0.997. The van der Waals surface area contributed by atoms with Crippen molar-refractivity contribution in [2.45, 2.75) is 20.8 Å². The lowest BCUT2D eigenvalue weighted by Crippen LogP contribution is -2.28. The molecule has 4 nitrogen and oxygen atoms in total. The van der Waals surface area contributed by atoms with Gasteiger partial charge in [0.2, 0.25) is 0 Å². The van der Waals surface area contributed by atoms with Crippen LogP contribution in [0.15, 0.2) is 30.3 Å². The maximum Gasteiger partial charge on any atom is 0.329 e. The molecule has 0 N–H and O–H groups in total. The van der Waals surface area contributed by atoms with E-state index < -0.39 is 5.97 Å². The van der Waals surface area contributed by atoms with E-state index in [1.54, 1.807) is 24.3 Å². The summed E-state index contributed by atoms with van der Waals surface area (Å²) in [6.45, 7) is 5.24. The molecule has 0 aliphatic carbocycles. The molecule has 0 aromatic heterocycles. The molecule has 0 aliphatic heterocycles. The highest BCUT2D eigenvalue weighted by Gasteiger charge is 2.13. The van der Waals surface area contributed by atoms with Crippen LogP contribution < -0.4 is 0 Å². The van der Waals surface area contributed by atoms with E-state index in [1.807, 2.05) is 19.9 Å². The second-order valence-corrected chi connectivity index (χ2v) is 2.75. The van der Waals surface area contributed by atoms with E-state index in [0.717, 1.165) is 5.06 Å². The van der Waals surface area contributed by atoms with Gasteiger partial charge in [-0.25, -0.2) is 0 Å². The summed E-state index contributed by atoms with van der Waals surface area (Å²) in [5, 5.41) is 0.914. The maximum atomic E-state index is 11.5. The second kappa shape index (κ2) is 7.45.